The van der Waals surface area contributed by atoms with Crippen molar-refractivity contribution in [1.82, 2.24) is 30.4 Å². The first-order valence-corrected chi connectivity index (χ1v) is 8.57. The van der Waals surface area contributed by atoms with Gasteiger partial charge in [-0.05, 0) is 40.3 Å². The summed E-state index contributed by atoms with van der Waals surface area (Å²) in [5.74, 6) is 0.341. The lowest BCUT2D eigenvalue weighted by Crippen LogP contribution is -2.29. The second-order valence-corrected chi connectivity index (χ2v) is 6.26. The maximum atomic E-state index is 12.5. The molecule has 0 aliphatic carbocycles. The predicted octanol–water partition coefficient (Wildman–Crippen LogP) is 1.50. The molecule has 3 aromatic heterocycles. The minimum absolute atomic E-state index is 0.274. The summed E-state index contributed by atoms with van der Waals surface area (Å²) < 4.78 is 11.8. The van der Waals surface area contributed by atoms with E-state index in [1.165, 1.54) is 13.4 Å². The van der Waals surface area contributed by atoms with Gasteiger partial charge in [0.1, 0.15) is 17.4 Å². The average Bonchev–Trinajstić information content (AvgIpc) is 3.44. The van der Waals surface area contributed by atoms with Gasteiger partial charge in [0.05, 0.1) is 18.9 Å². The van der Waals surface area contributed by atoms with Crippen molar-refractivity contribution in [3.05, 3.63) is 69.7 Å². The van der Waals surface area contributed by atoms with Crippen molar-refractivity contribution in [2.45, 2.75) is 6.04 Å². The number of nitrogens with zero attached hydrogens (tertiary/aromatic N) is 5. The number of carbonyl (C=O) groups excluding carboxylic acids is 1. The van der Waals surface area contributed by atoms with Crippen LogP contribution in [0.3, 0.4) is 0 Å². The molecule has 0 spiro atoms. The number of H-pyrrole nitrogens is 1. The van der Waals surface area contributed by atoms with Crippen molar-refractivity contribution in [2.75, 3.05) is 12.4 Å². The number of ether oxygens (including phenoxy) is 1. The smallest absolute Gasteiger partial charge is 0.337 e. The zero-order valence-corrected chi connectivity index (χ0v) is 15.0. The van der Waals surface area contributed by atoms with Gasteiger partial charge in [-0.3, -0.25) is 4.79 Å². The number of anilines is 2. The monoisotopic (exact) mass is 391 g/mol. The number of aromatic amines is 1. The number of fused-ring (bicyclic) bond motifs is 2. The number of aromatic nitrogens is 6. The summed E-state index contributed by atoms with van der Waals surface area (Å²) in [6.45, 7) is 0. The van der Waals surface area contributed by atoms with Crippen LogP contribution in [0.4, 0.5) is 11.6 Å². The summed E-state index contributed by atoms with van der Waals surface area (Å²) in [4.78, 5) is 24.3. The molecule has 1 atom stereocenters. The molecule has 11 nitrogen and oxygen atoms in total. The van der Waals surface area contributed by atoms with Crippen molar-refractivity contribution >= 4 is 17.6 Å². The van der Waals surface area contributed by atoms with Crippen molar-refractivity contribution < 1.29 is 13.9 Å². The Morgan fingerprint density at radius 1 is 1.24 bits per heavy atom. The Morgan fingerprint density at radius 3 is 2.79 bits per heavy atom. The number of nitrogens with one attached hydrogen (secondary N) is 2. The van der Waals surface area contributed by atoms with E-state index in [-0.39, 0.29) is 5.69 Å². The molecule has 0 saturated carbocycles. The quantitative estimate of drug-likeness (QED) is 0.438. The van der Waals surface area contributed by atoms with Crippen LogP contribution >= 0.6 is 0 Å². The Kier molecular flexibility index (Phi) is 3.72. The molecule has 1 aromatic carbocycles. The Hall–Kier alpha value is -4.28. The Bertz CT molecular complexity index is 1260. The molecule has 0 bridgehead atoms. The number of methoxy groups -OCH3 is 1. The summed E-state index contributed by atoms with van der Waals surface area (Å²) in [6, 6.07) is 9.69. The van der Waals surface area contributed by atoms with Crippen LogP contribution in [0, 0.1) is 0 Å². The molecule has 0 fully saturated rings. The second-order valence-electron chi connectivity index (χ2n) is 6.26. The normalized spacial score (nSPS) is 14.6. The van der Waals surface area contributed by atoms with Gasteiger partial charge >= 0.3 is 5.97 Å². The molecule has 5 rings (SSSR count). The van der Waals surface area contributed by atoms with Crippen LogP contribution in [0.15, 0.2) is 51.9 Å². The van der Waals surface area contributed by atoms with Gasteiger partial charge in [-0.2, -0.15) is 9.78 Å². The van der Waals surface area contributed by atoms with E-state index in [0.29, 0.717) is 28.5 Å². The van der Waals surface area contributed by atoms with E-state index in [2.05, 4.69) is 31.0 Å². The van der Waals surface area contributed by atoms with Gasteiger partial charge in [0.2, 0.25) is 5.95 Å². The Labute approximate surface area is 162 Å². The van der Waals surface area contributed by atoms with Crippen LogP contribution in [-0.4, -0.2) is 43.5 Å². The fourth-order valence-corrected chi connectivity index (χ4v) is 3.37. The SMILES string of the molecule is COC(=O)c1ccc(C2c3c(-c4ccco4)n[nH]c(=O)c3Nc3nnnn32)cc1. The molecule has 4 aromatic rings. The number of carbonyl (C=O) groups is 1. The molecule has 4 heterocycles. The summed E-state index contributed by atoms with van der Waals surface area (Å²) >= 11 is 0. The van der Waals surface area contributed by atoms with E-state index < -0.39 is 17.6 Å². The molecule has 144 valence electrons. The number of hydrogen-bond donors (Lipinski definition) is 2. The molecule has 1 aliphatic heterocycles. The highest BCUT2D eigenvalue weighted by molar-refractivity contribution is 5.89. The average molecular weight is 391 g/mol. The highest BCUT2D eigenvalue weighted by atomic mass is 16.5. The molecular weight excluding hydrogens is 378 g/mol. The molecule has 0 radical (unpaired) electrons. The molecule has 11 heteroatoms. The third-order valence-electron chi connectivity index (χ3n) is 4.67. The van der Waals surface area contributed by atoms with Gasteiger partial charge in [-0.1, -0.05) is 17.2 Å². The first-order valence-electron chi connectivity index (χ1n) is 8.57. The van der Waals surface area contributed by atoms with Gasteiger partial charge in [-0.25, -0.2) is 9.89 Å². The van der Waals surface area contributed by atoms with E-state index in [0.717, 1.165) is 5.56 Å². The standard InChI is InChI=1S/C18H13N7O4/c1-28-17(27)10-6-4-9(5-7-10)15-12-13(11-3-2-8-29-11)20-21-16(26)14(12)19-18-22-23-24-25(15)18/h2-8,15H,1H3,(H,21,26)(H,19,22,24). The molecular formula is C18H13N7O4. The first-order chi connectivity index (χ1) is 14.2. The van der Waals surface area contributed by atoms with E-state index in [1.807, 2.05) is 0 Å². The van der Waals surface area contributed by atoms with Gasteiger partial charge in [0.25, 0.3) is 5.56 Å². The molecule has 2 N–H and O–H groups in total. The molecule has 1 unspecified atom stereocenters. The lowest BCUT2D eigenvalue weighted by molar-refractivity contribution is 0.0600. The fraction of sp³-hybridized carbons (Fsp3) is 0.111. The van der Waals surface area contributed by atoms with Gasteiger partial charge in [0, 0.05) is 5.56 Å². The second kappa shape index (κ2) is 6.41. The van der Waals surface area contributed by atoms with Crippen molar-refractivity contribution in [1.29, 1.82) is 0 Å². The van der Waals surface area contributed by atoms with Crippen LogP contribution in [0.25, 0.3) is 11.5 Å². The Balaban J connectivity index is 1.74. The molecule has 1 aliphatic rings. The molecule has 0 saturated heterocycles. The zero-order valence-electron chi connectivity index (χ0n) is 15.0. The van der Waals surface area contributed by atoms with Crippen LogP contribution in [0.5, 0.6) is 0 Å². The van der Waals surface area contributed by atoms with Crippen LogP contribution < -0.4 is 10.9 Å². The van der Waals surface area contributed by atoms with Gasteiger partial charge in [-0.15, -0.1) is 0 Å². The number of hydrogen-bond acceptors (Lipinski definition) is 9. The minimum Gasteiger partial charge on any atom is -0.465 e. The van der Waals surface area contributed by atoms with E-state index in [1.54, 1.807) is 41.1 Å². The van der Waals surface area contributed by atoms with E-state index in [4.69, 9.17) is 9.15 Å². The molecule has 29 heavy (non-hydrogen) atoms. The third-order valence-corrected chi connectivity index (χ3v) is 4.67. The summed E-state index contributed by atoms with van der Waals surface area (Å²) in [6.07, 6.45) is 1.52. The number of furan rings is 1. The predicted molar refractivity (Wildman–Crippen MR) is 98.7 cm³/mol. The van der Waals surface area contributed by atoms with Gasteiger partial charge in [0.15, 0.2) is 5.76 Å². The molecule has 0 amide bonds. The summed E-state index contributed by atoms with van der Waals surface area (Å²) in [7, 11) is 1.32. The number of benzene rings is 1. The highest BCUT2D eigenvalue weighted by Gasteiger charge is 2.35. The van der Waals surface area contributed by atoms with Crippen molar-refractivity contribution in [3.63, 3.8) is 0 Å². The maximum Gasteiger partial charge on any atom is 0.337 e. The number of esters is 1. The number of rotatable bonds is 3. The highest BCUT2D eigenvalue weighted by Crippen LogP contribution is 2.41. The van der Waals surface area contributed by atoms with Crippen molar-refractivity contribution in [2.24, 2.45) is 0 Å². The zero-order chi connectivity index (χ0) is 20.0. The summed E-state index contributed by atoms with van der Waals surface area (Å²) in [5, 5.41) is 21.4. The van der Waals surface area contributed by atoms with Crippen LogP contribution in [0.2, 0.25) is 0 Å². The van der Waals surface area contributed by atoms with E-state index in [9.17, 15) is 9.59 Å². The van der Waals surface area contributed by atoms with Gasteiger partial charge < -0.3 is 14.5 Å². The maximum absolute atomic E-state index is 12.5. The minimum atomic E-state index is -0.571. The van der Waals surface area contributed by atoms with Crippen LogP contribution in [0.1, 0.15) is 27.5 Å². The number of tetrazole rings is 1. The third kappa shape index (κ3) is 2.59. The summed E-state index contributed by atoms with van der Waals surface area (Å²) in [5.41, 5.74) is 2.00. The largest absolute Gasteiger partial charge is 0.465 e. The topological polar surface area (TPSA) is 141 Å². The van der Waals surface area contributed by atoms with E-state index >= 15 is 0 Å². The Morgan fingerprint density at radius 2 is 2.07 bits per heavy atom. The first kappa shape index (κ1) is 16.9. The lowest BCUT2D eigenvalue weighted by Gasteiger charge is -2.27. The van der Waals surface area contributed by atoms with Crippen molar-refractivity contribution in [3.8, 4) is 11.5 Å². The fourth-order valence-electron chi connectivity index (χ4n) is 3.37. The van der Waals surface area contributed by atoms with Crippen LogP contribution in [-0.2, 0) is 4.74 Å². The lowest BCUT2D eigenvalue weighted by atomic mass is 9.93.